The van der Waals surface area contributed by atoms with Crippen molar-refractivity contribution in [2.75, 3.05) is 5.73 Å². The molecule has 0 aliphatic rings. The summed E-state index contributed by atoms with van der Waals surface area (Å²) < 4.78 is 1.87. The topological polar surface area (TPSA) is 68.9 Å². The van der Waals surface area contributed by atoms with Crippen LogP contribution in [-0.2, 0) is 11.2 Å². The lowest BCUT2D eigenvalue weighted by Gasteiger charge is -1.93. The molecule has 4 nitrogen and oxygen atoms in total. The molecule has 1 aromatic carbocycles. The zero-order valence-electron chi connectivity index (χ0n) is 9.70. The van der Waals surface area contributed by atoms with Crippen LogP contribution in [0.3, 0.4) is 0 Å². The van der Waals surface area contributed by atoms with Crippen LogP contribution < -0.4 is 5.73 Å². The van der Waals surface area contributed by atoms with Crippen LogP contribution in [-0.4, -0.2) is 15.1 Å². The third-order valence-electron chi connectivity index (χ3n) is 2.37. The van der Waals surface area contributed by atoms with Crippen LogP contribution in [0.2, 0.25) is 0 Å². The average molecular weight is 307 g/mol. The third-order valence-corrected chi connectivity index (χ3v) is 5.06. The van der Waals surface area contributed by atoms with Crippen molar-refractivity contribution in [1.29, 1.82) is 0 Å². The van der Waals surface area contributed by atoms with Gasteiger partial charge in [0.1, 0.15) is 0 Å². The first-order valence-electron chi connectivity index (χ1n) is 5.47. The van der Waals surface area contributed by atoms with E-state index in [0.717, 1.165) is 20.3 Å². The SMILES string of the molecule is Nc1nc(CC(=O)Sc2nc3ccccc3s2)cs1. The van der Waals surface area contributed by atoms with E-state index in [1.807, 2.05) is 29.6 Å². The number of nitrogens with zero attached hydrogens (tertiary/aromatic N) is 2. The van der Waals surface area contributed by atoms with Gasteiger partial charge in [0.05, 0.1) is 22.3 Å². The van der Waals surface area contributed by atoms with Crippen LogP contribution in [0.1, 0.15) is 5.69 Å². The van der Waals surface area contributed by atoms with E-state index in [2.05, 4.69) is 9.97 Å². The normalized spacial score (nSPS) is 10.9. The van der Waals surface area contributed by atoms with Crippen molar-refractivity contribution in [2.45, 2.75) is 10.8 Å². The van der Waals surface area contributed by atoms with Crippen LogP contribution in [0.4, 0.5) is 5.13 Å². The summed E-state index contributed by atoms with van der Waals surface area (Å²) in [6, 6.07) is 7.86. The largest absolute Gasteiger partial charge is 0.375 e. The summed E-state index contributed by atoms with van der Waals surface area (Å²) in [5, 5.41) is 2.34. The summed E-state index contributed by atoms with van der Waals surface area (Å²) in [5.41, 5.74) is 7.19. The Morgan fingerprint density at radius 1 is 1.32 bits per heavy atom. The van der Waals surface area contributed by atoms with Crippen LogP contribution in [0.15, 0.2) is 34.0 Å². The summed E-state index contributed by atoms with van der Waals surface area (Å²) >= 11 is 4.04. The number of nitrogen functional groups attached to an aromatic ring is 1. The second kappa shape index (κ2) is 5.28. The lowest BCUT2D eigenvalue weighted by atomic mass is 10.3. The predicted octanol–water partition coefficient (Wildman–Crippen LogP) is 3.20. The highest BCUT2D eigenvalue weighted by atomic mass is 32.2. The van der Waals surface area contributed by atoms with Gasteiger partial charge in [0.15, 0.2) is 9.47 Å². The highest BCUT2D eigenvalue weighted by Crippen LogP contribution is 2.30. The molecule has 0 unspecified atom stereocenters. The zero-order chi connectivity index (χ0) is 13.2. The first kappa shape index (κ1) is 12.6. The minimum atomic E-state index is 0.0318. The van der Waals surface area contributed by atoms with Gasteiger partial charge in [0.25, 0.3) is 0 Å². The smallest absolute Gasteiger partial charge is 0.201 e. The number of benzene rings is 1. The first-order valence-corrected chi connectivity index (χ1v) is 7.98. The van der Waals surface area contributed by atoms with E-state index >= 15 is 0 Å². The molecule has 2 N–H and O–H groups in total. The molecule has 0 radical (unpaired) electrons. The summed E-state index contributed by atoms with van der Waals surface area (Å²) in [5.74, 6) is 0. The first-order chi connectivity index (χ1) is 9.20. The van der Waals surface area contributed by atoms with Crippen LogP contribution in [0.25, 0.3) is 10.2 Å². The zero-order valence-corrected chi connectivity index (χ0v) is 12.1. The molecule has 2 aromatic heterocycles. The van der Waals surface area contributed by atoms with E-state index in [1.54, 1.807) is 0 Å². The molecule has 0 aliphatic heterocycles. The number of fused-ring (bicyclic) bond motifs is 1. The number of anilines is 1. The molecule has 0 fully saturated rings. The fourth-order valence-electron chi connectivity index (χ4n) is 1.58. The van der Waals surface area contributed by atoms with E-state index in [4.69, 9.17) is 5.73 Å². The molecule has 3 rings (SSSR count). The second-order valence-corrected chi connectivity index (χ2v) is 7.00. The molecule has 0 bridgehead atoms. The average Bonchev–Trinajstić information content (AvgIpc) is 2.94. The van der Waals surface area contributed by atoms with Gasteiger partial charge in [0, 0.05) is 5.38 Å². The molecular formula is C12H9N3OS3. The maximum absolute atomic E-state index is 11.9. The van der Waals surface area contributed by atoms with Crippen molar-refractivity contribution in [1.82, 2.24) is 9.97 Å². The quantitative estimate of drug-likeness (QED) is 0.753. The minimum Gasteiger partial charge on any atom is -0.375 e. The van der Waals surface area contributed by atoms with Gasteiger partial charge in [-0.05, 0) is 23.9 Å². The summed E-state index contributed by atoms with van der Waals surface area (Å²) in [7, 11) is 0. The predicted molar refractivity (Wildman–Crippen MR) is 80.7 cm³/mol. The van der Waals surface area contributed by atoms with Gasteiger partial charge >= 0.3 is 0 Å². The number of hydrogen-bond donors (Lipinski definition) is 1. The summed E-state index contributed by atoms with van der Waals surface area (Å²) in [4.78, 5) is 20.4. The standard InChI is InChI=1S/C12H9N3OS3/c13-11-14-7(6-17-11)5-10(16)19-12-15-8-3-1-2-4-9(8)18-12/h1-4,6H,5H2,(H2,13,14). The minimum absolute atomic E-state index is 0.0318. The Hall–Kier alpha value is -1.44. The van der Waals surface area contributed by atoms with Crippen molar-refractivity contribution in [2.24, 2.45) is 0 Å². The van der Waals surface area contributed by atoms with E-state index in [-0.39, 0.29) is 11.5 Å². The maximum Gasteiger partial charge on any atom is 0.201 e. The van der Waals surface area contributed by atoms with Crippen molar-refractivity contribution >= 4 is 54.9 Å². The van der Waals surface area contributed by atoms with Gasteiger partial charge in [0.2, 0.25) is 5.12 Å². The van der Waals surface area contributed by atoms with Crippen molar-refractivity contribution in [3.63, 3.8) is 0 Å². The van der Waals surface area contributed by atoms with Crippen LogP contribution in [0.5, 0.6) is 0 Å². The number of thioether (sulfide) groups is 1. The fourth-order valence-corrected chi connectivity index (χ4v) is 4.11. The highest BCUT2D eigenvalue weighted by molar-refractivity contribution is 8.15. The van der Waals surface area contributed by atoms with Crippen molar-refractivity contribution in [3.8, 4) is 0 Å². The molecule has 19 heavy (non-hydrogen) atoms. The molecule has 7 heteroatoms. The second-order valence-electron chi connectivity index (χ2n) is 3.78. The number of rotatable bonds is 3. The number of thiazole rings is 2. The molecule has 0 aliphatic carbocycles. The Labute approximate surface area is 121 Å². The molecular weight excluding hydrogens is 298 g/mol. The van der Waals surface area contributed by atoms with E-state index in [1.165, 1.54) is 34.4 Å². The summed E-state index contributed by atoms with van der Waals surface area (Å²) in [6.07, 6.45) is 0.286. The van der Waals surface area contributed by atoms with Gasteiger partial charge in [-0.25, -0.2) is 9.97 Å². The van der Waals surface area contributed by atoms with Crippen LogP contribution >= 0.6 is 34.4 Å². The number of aromatic nitrogens is 2. The number of nitrogens with two attached hydrogens (primary N) is 1. The Bertz CT molecular complexity index is 701. The van der Waals surface area contributed by atoms with E-state index < -0.39 is 0 Å². The summed E-state index contributed by atoms with van der Waals surface area (Å²) in [6.45, 7) is 0. The van der Waals surface area contributed by atoms with Crippen LogP contribution in [0, 0.1) is 0 Å². The third kappa shape index (κ3) is 2.94. The molecule has 0 atom stereocenters. The Balaban J connectivity index is 1.72. The van der Waals surface area contributed by atoms with Gasteiger partial charge in [-0.1, -0.05) is 12.1 Å². The van der Waals surface area contributed by atoms with Gasteiger partial charge in [-0.3, -0.25) is 4.79 Å². The monoisotopic (exact) mass is 307 g/mol. The number of carbonyl (C=O) groups is 1. The molecule has 0 saturated heterocycles. The van der Waals surface area contributed by atoms with E-state index in [9.17, 15) is 4.79 Å². The molecule has 2 heterocycles. The van der Waals surface area contributed by atoms with Crippen molar-refractivity contribution < 1.29 is 4.79 Å². The molecule has 0 amide bonds. The highest BCUT2D eigenvalue weighted by Gasteiger charge is 2.12. The number of para-hydroxylation sites is 1. The van der Waals surface area contributed by atoms with Gasteiger partial charge < -0.3 is 5.73 Å². The molecule has 96 valence electrons. The Morgan fingerprint density at radius 2 is 2.16 bits per heavy atom. The number of carbonyl (C=O) groups excluding carboxylic acids is 1. The molecule has 0 saturated carbocycles. The van der Waals surface area contributed by atoms with Gasteiger partial charge in [-0.2, -0.15) is 0 Å². The molecule has 0 spiro atoms. The molecule has 3 aromatic rings. The Kier molecular flexibility index (Phi) is 3.50. The maximum atomic E-state index is 11.9. The van der Waals surface area contributed by atoms with Gasteiger partial charge in [-0.15, -0.1) is 22.7 Å². The number of hydrogen-bond acceptors (Lipinski definition) is 7. The fraction of sp³-hybridized carbons (Fsp3) is 0.0833. The lowest BCUT2D eigenvalue weighted by Crippen LogP contribution is -1.97. The lowest BCUT2D eigenvalue weighted by molar-refractivity contribution is -0.110. The van der Waals surface area contributed by atoms with E-state index in [0.29, 0.717) is 5.13 Å². The van der Waals surface area contributed by atoms with Crippen molar-refractivity contribution in [3.05, 3.63) is 35.3 Å². The Morgan fingerprint density at radius 3 is 2.89 bits per heavy atom.